The van der Waals surface area contributed by atoms with E-state index >= 15 is 0 Å². The Labute approximate surface area is 149 Å². The normalized spacial score (nSPS) is 12.9. The highest BCUT2D eigenvalue weighted by Crippen LogP contribution is 2.14. The number of guanidine groups is 1. The van der Waals surface area contributed by atoms with E-state index in [0.717, 1.165) is 24.9 Å². The van der Waals surface area contributed by atoms with Crippen LogP contribution in [0.2, 0.25) is 0 Å². The zero-order valence-electron chi connectivity index (χ0n) is 15.6. The zero-order chi connectivity index (χ0) is 18.2. The van der Waals surface area contributed by atoms with E-state index in [0.29, 0.717) is 12.0 Å². The number of rotatable bonds is 7. The number of H-pyrrole nitrogens is 1. The molecule has 136 valence electrons. The maximum absolute atomic E-state index is 11.8. The van der Waals surface area contributed by atoms with Crippen molar-refractivity contribution in [3.63, 3.8) is 0 Å². The molecule has 1 amide bonds. The highest BCUT2D eigenvalue weighted by atomic mass is 16.2. The fourth-order valence-corrected chi connectivity index (χ4v) is 2.36. The van der Waals surface area contributed by atoms with E-state index in [-0.39, 0.29) is 12.5 Å². The Hall–Kier alpha value is -2.50. The van der Waals surface area contributed by atoms with Gasteiger partial charge in [0.05, 0.1) is 0 Å². The van der Waals surface area contributed by atoms with Crippen LogP contribution in [0.15, 0.2) is 35.3 Å². The van der Waals surface area contributed by atoms with E-state index in [4.69, 9.17) is 0 Å². The van der Waals surface area contributed by atoms with Crippen molar-refractivity contribution >= 4 is 22.8 Å². The number of hydrogen-bond acceptors (Lipinski definition) is 2. The van der Waals surface area contributed by atoms with Crippen LogP contribution in [0, 0.1) is 0 Å². The maximum Gasteiger partial charge on any atom is 0.243 e. The van der Waals surface area contributed by atoms with Crippen molar-refractivity contribution in [1.82, 2.24) is 20.5 Å². The van der Waals surface area contributed by atoms with Gasteiger partial charge >= 0.3 is 0 Å². The Bertz CT molecular complexity index is 686. The predicted octanol–water partition coefficient (Wildman–Crippen LogP) is 2.13. The lowest BCUT2D eigenvalue weighted by Crippen LogP contribution is -2.43. The number of amides is 1. The van der Waals surface area contributed by atoms with Gasteiger partial charge in [0.15, 0.2) is 5.96 Å². The first-order valence-electron chi connectivity index (χ1n) is 8.81. The van der Waals surface area contributed by atoms with E-state index in [1.165, 1.54) is 11.1 Å². The van der Waals surface area contributed by atoms with Crippen LogP contribution in [0.1, 0.15) is 26.0 Å². The van der Waals surface area contributed by atoms with Gasteiger partial charge in [-0.15, -0.1) is 0 Å². The van der Waals surface area contributed by atoms with Gasteiger partial charge in [0.2, 0.25) is 5.91 Å². The topological polar surface area (TPSA) is 72.5 Å². The van der Waals surface area contributed by atoms with Gasteiger partial charge in [-0.1, -0.05) is 25.1 Å². The third-order valence-corrected chi connectivity index (χ3v) is 4.14. The fraction of sp³-hybridized carbons (Fsp3) is 0.474. The maximum atomic E-state index is 11.8. The molecule has 0 saturated heterocycles. The second-order valence-corrected chi connectivity index (χ2v) is 6.47. The number of benzene rings is 1. The molecule has 0 fully saturated rings. The summed E-state index contributed by atoms with van der Waals surface area (Å²) in [4.78, 5) is 21.1. The van der Waals surface area contributed by atoms with Crippen molar-refractivity contribution in [3.8, 4) is 0 Å². The molecule has 1 aromatic heterocycles. The SMILES string of the molecule is CCC(C)NC(=NCC(=O)N(C)C)NCCc1cc2ccccc2[nH]1. The molecule has 0 aliphatic rings. The number of aromatic amines is 1. The second-order valence-electron chi connectivity index (χ2n) is 6.47. The minimum absolute atomic E-state index is 0.0131. The van der Waals surface area contributed by atoms with Gasteiger partial charge in [-0.05, 0) is 30.9 Å². The first-order chi connectivity index (χ1) is 12.0. The molecule has 6 nitrogen and oxygen atoms in total. The van der Waals surface area contributed by atoms with Crippen LogP contribution in [0.25, 0.3) is 10.9 Å². The predicted molar refractivity (Wildman–Crippen MR) is 104 cm³/mol. The van der Waals surface area contributed by atoms with Crippen LogP contribution < -0.4 is 10.6 Å². The molecule has 2 aromatic rings. The Kier molecular flexibility index (Phi) is 6.86. The number of hydrogen-bond donors (Lipinski definition) is 3. The number of aromatic nitrogens is 1. The largest absolute Gasteiger partial charge is 0.358 e. The monoisotopic (exact) mass is 343 g/mol. The average molecular weight is 343 g/mol. The lowest BCUT2D eigenvalue weighted by molar-refractivity contribution is -0.127. The molecule has 25 heavy (non-hydrogen) atoms. The molecule has 2 rings (SSSR count). The Balaban J connectivity index is 1.93. The number of carbonyl (C=O) groups is 1. The Morgan fingerprint density at radius 3 is 2.76 bits per heavy atom. The first-order valence-corrected chi connectivity index (χ1v) is 8.81. The molecule has 0 saturated carbocycles. The summed E-state index contributed by atoms with van der Waals surface area (Å²) < 4.78 is 0. The summed E-state index contributed by atoms with van der Waals surface area (Å²) in [6, 6.07) is 10.7. The van der Waals surface area contributed by atoms with Crippen molar-refractivity contribution in [2.24, 2.45) is 4.99 Å². The lowest BCUT2D eigenvalue weighted by atomic mass is 10.2. The zero-order valence-corrected chi connectivity index (χ0v) is 15.6. The summed E-state index contributed by atoms with van der Waals surface area (Å²) in [6.07, 6.45) is 1.85. The van der Waals surface area contributed by atoms with E-state index < -0.39 is 0 Å². The third kappa shape index (κ3) is 5.81. The molecule has 6 heteroatoms. The van der Waals surface area contributed by atoms with E-state index in [1.807, 2.05) is 12.1 Å². The number of carbonyl (C=O) groups excluding carboxylic acids is 1. The van der Waals surface area contributed by atoms with E-state index in [2.05, 4.69) is 52.7 Å². The van der Waals surface area contributed by atoms with Gasteiger partial charge in [-0.3, -0.25) is 4.79 Å². The highest BCUT2D eigenvalue weighted by molar-refractivity contribution is 5.85. The summed E-state index contributed by atoms with van der Waals surface area (Å²) >= 11 is 0. The van der Waals surface area contributed by atoms with E-state index in [1.54, 1.807) is 19.0 Å². The summed E-state index contributed by atoms with van der Waals surface area (Å²) in [5, 5.41) is 7.87. The van der Waals surface area contributed by atoms with Crippen molar-refractivity contribution < 1.29 is 4.79 Å². The van der Waals surface area contributed by atoms with Crippen molar-refractivity contribution in [3.05, 3.63) is 36.0 Å². The number of nitrogens with zero attached hydrogens (tertiary/aromatic N) is 2. The van der Waals surface area contributed by atoms with Crippen LogP contribution >= 0.6 is 0 Å². The van der Waals surface area contributed by atoms with Gasteiger partial charge in [0, 0.05) is 44.3 Å². The number of fused-ring (bicyclic) bond motifs is 1. The lowest BCUT2D eigenvalue weighted by Gasteiger charge is -2.17. The van der Waals surface area contributed by atoms with Gasteiger partial charge in [0.1, 0.15) is 6.54 Å². The van der Waals surface area contributed by atoms with Crippen LogP contribution in [0.4, 0.5) is 0 Å². The first kappa shape index (κ1) is 18.8. The number of para-hydroxylation sites is 1. The number of likely N-dealkylation sites (N-methyl/N-ethyl adjacent to an activating group) is 1. The standard InChI is InChI=1S/C19H29N5O/c1-5-14(2)22-19(21-13-18(25)24(3)4)20-11-10-16-12-15-8-6-7-9-17(15)23-16/h6-9,12,14,23H,5,10-11,13H2,1-4H3,(H2,20,21,22). The van der Waals surface area contributed by atoms with Crippen LogP contribution in [-0.2, 0) is 11.2 Å². The Morgan fingerprint density at radius 2 is 2.08 bits per heavy atom. The average Bonchev–Trinajstić information content (AvgIpc) is 3.01. The van der Waals surface area contributed by atoms with Gasteiger partial charge in [0.25, 0.3) is 0 Å². The molecule has 0 radical (unpaired) electrons. The molecule has 3 N–H and O–H groups in total. The van der Waals surface area contributed by atoms with Crippen LogP contribution in [0.3, 0.4) is 0 Å². The summed E-state index contributed by atoms with van der Waals surface area (Å²) in [7, 11) is 3.48. The van der Waals surface area contributed by atoms with Crippen molar-refractivity contribution in [2.45, 2.75) is 32.7 Å². The third-order valence-electron chi connectivity index (χ3n) is 4.14. The van der Waals surface area contributed by atoms with Crippen molar-refractivity contribution in [2.75, 3.05) is 27.2 Å². The summed E-state index contributed by atoms with van der Waals surface area (Å²) in [6.45, 7) is 5.10. The Morgan fingerprint density at radius 1 is 1.32 bits per heavy atom. The smallest absolute Gasteiger partial charge is 0.243 e. The fourth-order valence-electron chi connectivity index (χ4n) is 2.36. The molecule has 1 heterocycles. The minimum Gasteiger partial charge on any atom is -0.358 e. The van der Waals surface area contributed by atoms with Gasteiger partial charge in [-0.25, -0.2) is 4.99 Å². The quantitative estimate of drug-likeness (QED) is 0.533. The molecule has 1 unspecified atom stereocenters. The van der Waals surface area contributed by atoms with Crippen molar-refractivity contribution in [1.29, 1.82) is 0 Å². The van der Waals surface area contributed by atoms with Crippen LogP contribution in [0.5, 0.6) is 0 Å². The molecule has 0 aliphatic heterocycles. The molecular formula is C19H29N5O. The number of nitrogens with one attached hydrogen (secondary N) is 3. The summed E-state index contributed by atoms with van der Waals surface area (Å²) in [5.74, 6) is 0.668. The van der Waals surface area contributed by atoms with E-state index in [9.17, 15) is 4.79 Å². The molecule has 0 spiro atoms. The van der Waals surface area contributed by atoms with Gasteiger partial charge < -0.3 is 20.5 Å². The molecule has 0 aliphatic carbocycles. The highest BCUT2D eigenvalue weighted by Gasteiger charge is 2.07. The molecule has 1 atom stereocenters. The molecular weight excluding hydrogens is 314 g/mol. The summed E-state index contributed by atoms with van der Waals surface area (Å²) in [5.41, 5.74) is 2.33. The number of aliphatic imine (C=N–C) groups is 1. The van der Waals surface area contributed by atoms with Crippen LogP contribution in [-0.4, -0.2) is 55.0 Å². The molecule has 1 aromatic carbocycles. The second kappa shape index (κ2) is 9.11. The van der Waals surface area contributed by atoms with Gasteiger partial charge in [-0.2, -0.15) is 0 Å². The minimum atomic E-state index is -0.0131. The molecule has 0 bridgehead atoms.